The second-order valence-electron chi connectivity index (χ2n) is 4.94. The molecule has 5 heteroatoms. The van der Waals surface area contributed by atoms with E-state index in [0.717, 1.165) is 43.7 Å². The Morgan fingerprint density at radius 1 is 0.895 bits per heavy atom. The van der Waals surface area contributed by atoms with Gasteiger partial charge in [-0.3, -0.25) is 0 Å². The highest BCUT2D eigenvalue weighted by Gasteiger charge is 2.24. The lowest BCUT2D eigenvalue weighted by molar-refractivity contribution is 0.0604. The fourth-order valence-corrected chi connectivity index (χ4v) is 3.89. The van der Waals surface area contributed by atoms with Gasteiger partial charge in [-0.2, -0.15) is 23.5 Å². The predicted octanol–water partition coefficient (Wildman–Crippen LogP) is 3.08. The average molecular weight is 309 g/mol. The molecule has 1 aliphatic heterocycles. The largest absolute Gasteiger partial charge is 0.379 e. The molecule has 1 rings (SSSR count). The molecule has 0 radical (unpaired) electrons. The molecule has 1 saturated heterocycles. The molecule has 0 aromatic carbocycles. The van der Waals surface area contributed by atoms with Crippen LogP contribution in [-0.2, 0) is 14.2 Å². The van der Waals surface area contributed by atoms with Crippen LogP contribution in [0.2, 0.25) is 0 Å². The van der Waals surface area contributed by atoms with E-state index in [1.807, 2.05) is 23.5 Å². The zero-order valence-electron chi connectivity index (χ0n) is 12.3. The average Bonchev–Trinajstić information content (AvgIpc) is 2.39. The van der Waals surface area contributed by atoms with Crippen molar-refractivity contribution in [1.82, 2.24) is 0 Å². The molecule has 114 valence electrons. The zero-order valence-corrected chi connectivity index (χ0v) is 14.0. The first kappa shape index (κ1) is 17.6. The summed E-state index contributed by atoms with van der Waals surface area (Å²) in [7, 11) is 0. The van der Waals surface area contributed by atoms with Crippen LogP contribution in [0.15, 0.2) is 0 Å². The van der Waals surface area contributed by atoms with E-state index in [1.165, 1.54) is 12.8 Å². The maximum atomic E-state index is 5.85. The van der Waals surface area contributed by atoms with Gasteiger partial charge in [0.25, 0.3) is 0 Å². The molecule has 0 amide bonds. The monoisotopic (exact) mass is 308 g/mol. The summed E-state index contributed by atoms with van der Waals surface area (Å²) in [5.41, 5.74) is 0. The summed E-state index contributed by atoms with van der Waals surface area (Å²) in [6.07, 6.45) is 2.41. The highest BCUT2D eigenvalue weighted by molar-refractivity contribution is 8.00. The molecule has 1 fully saturated rings. The molecule has 0 aromatic rings. The number of hydrogen-bond donors (Lipinski definition) is 0. The van der Waals surface area contributed by atoms with Gasteiger partial charge in [0.15, 0.2) is 0 Å². The standard InChI is InChI=1S/C14H28O3S2/c1-3-4-14(2)13-17-8-11-18-10-7-15-5-6-16-9-12-19-14/h3-13H2,1-2H3. The van der Waals surface area contributed by atoms with Crippen LogP contribution in [-0.4, -0.2) is 61.6 Å². The first-order valence-electron chi connectivity index (χ1n) is 7.22. The molecule has 0 saturated carbocycles. The van der Waals surface area contributed by atoms with Crippen LogP contribution < -0.4 is 0 Å². The van der Waals surface area contributed by atoms with Gasteiger partial charge in [-0.25, -0.2) is 0 Å². The molecule has 1 atom stereocenters. The van der Waals surface area contributed by atoms with Crippen LogP contribution in [0.5, 0.6) is 0 Å². The maximum Gasteiger partial charge on any atom is 0.0700 e. The minimum absolute atomic E-state index is 0.236. The minimum atomic E-state index is 0.236. The van der Waals surface area contributed by atoms with Crippen LogP contribution in [0, 0.1) is 0 Å². The summed E-state index contributed by atoms with van der Waals surface area (Å²) in [4.78, 5) is 0. The van der Waals surface area contributed by atoms with Gasteiger partial charge in [0.1, 0.15) is 0 Å². The molecule has 0 aromatic heterocycles. The highest BCUT2D eigenvalue weighted by atomic mass is 32.2. The van der Waals surface area contributed by atoms with Gasteiger partial charge >= 0.3 is 0 Å². The van der Waals surface area contributed by atoms with E-state index in [-0.39, 0.29) is 4.75 Å². The Labute approximate surface area is 126 Å². The first-order chi connectivity index (χ1) is 9.27. The Morgan fingerprint density at radius 2 is 1.53 bits per heavy atom. The van der Waals surface area contributed by atoms with E-state index in [9.17, 15) is 0 Å². The van der Waals surface area contributed by atoms with Crippen molar-refractivity contribution in [3.05, 3.63) is 0 Å². The van der Waals surface area contributed by atoms with E-state index < -0.39 is 0 Å². The van der Waals surface area contributed by atoms with E-state index in [1.54, 1.807) is 0 Å². The third kappa shape index (κ3) is 9.19. The lowest BCUT2D eigenvalue weighted by Crippen LogP contribution is -2.28. The molecular weight excluding hydrogens is 280 g/mol. The Kier molecular flexibility index (Phi) is 10.5. The summed E-state index contributed by atoms with van der Waals surface area (Å²) in [5.74, 6) is 3.14. The van der Waals surface area contributed by atoms with Crippen molar-refractivity contribution in [3.8, 4) is 0 Å². The third-order valence-electron chi connectivity index (χ3n) is 2.98. The summed E-state index contributed by atoms with van der Waals surface area (Å²) < 4.78 is 17.2. The molecule has 1 aliphatic rings. The van der Waals surface area contributed by atoms with Crippen molar-refractivity contribution in [3.63, 3.8) is 0 Å². The van der Waals surface area contributed by atoms with Gasteiger partial charge in [0, 0.05) is 22.0 Å². The van der Waals surface area contributed by atoms with Crippen molar-refractivity contribution in [2.45, 2.75) is 31.4 Å². The molecular formula is C14H28O3S2. The number of ether oxygens (including phenoxy) is 3. The van der Waals surface area contributed by atoms with Crippen LogP contribution in [0.1, 0.15) is 26.7 Å². The topological polar surface area (TPSA) is 27.7 Å². The molecule has 0 bridgehead atoms. The molecule has 0 aliphatic carbocycles. The smallest absolute Gasteiger partial charge is 0.0700 e. The van der Waals surface area contributed by atoms with Crippen LogP contribution in [0.3, 0.4) is 0 Å². The number of thioether (sulfide) groups is 2. The van der Waals surface area contributed by atoms with Gasteiger partial charge < -0.3 is 14.2 Å². The van der Waals surface area contributed by atoms with Crippen molar-refractivity contribution in [1.29, 1.82) is 0 Å². The van der Waals surface area contributed by atoms with Gasteiger partial charge in [-0.05, 0) is 13.3 Å². The normalized spacial score (nSPS) is 29.4. The van der Waals surface area contributed by atoms with Crippen molar-refractivity contribution < 1.29 is 14.2 Å². The van der Waals surface area contributed by atoms with Crippen LogP contribution in [0.25, 0.3) is 0 Å². The second-order valence-corrected chi connectivity index (χ2v) is 7.85. The zero-order chi connectivity index (χ0) is 13.8. The van der Waals surface area contributed by atoms with Gasteiger partial charge in [-0.15, -0.1) is 0 Å². The van der Waals surface area contributed by atoms with Gasteiger partial charge in [0.05, 0.1) is 39.6 Å². The third-order valence-corrected chi connectivity index (χ3v) is 5.28. The summed E-state index contributed by atoms with van der Waals surface area (Å²) in [6, 6.07) is 0. The molecule has 3 nitrogen and oxygen atoms in total. The lowest BCUT2D eigenvalue weighted by atomic mass is 10.1. The van der Waals surface area contributed by atoms with Crippen molar-refractivity contribution in [2.75, 3.05) is 56.9 Å². The SMILES string of the molecule is CCCC1(C)COCCSCCOCCOCCS1. The fraction of sp³-hybridized carbons (Fsp3) is 1.00. The Bertz CT molecular complexity index is 199. The van der Waals surface area contributed by atoms with E-state index in [2.05, 4.69) is 13.8 Å². The lowest BCUT2D eigenvalue weighted by Gasteiger charge is -2.28. The van der Waals surface area contributed by atoms with Crippen LogP contribution >= 0.6 is 23.5 Å². The molecule has 1 heterocycles. The van der Waals surface area contributed by atoms with Crippen molar-refractivity contribution >= 4 is 23.5 Å². The Morgan fingerprint density at radius 3 is 2.21 bits per heavy atom. The summed E-state index contributed by atoms with van der Waals surface area (Å²) in [5, 5.41) is 0. The van der Waals surface area contributed by atoms with E-state index in [4.69, 9.17) is 14.2 Å². The van der Waals surface area contributed by atoms with Gasteiger partial charge in [0.2, 0.25) is 0 Å². The second kappa shape index (κ2) is 11.3. The van der Waals surface area contributed by atoms with E-state index >= 15 is 0 Å². The Balaban J connectivity index is 2.33. The fourth-order valence-electron chi connectivity index (χ4n) is 2.01. The summed E-state index contributed by atoms with van der Waals surface area (Å²) >= 11 is 3.88. The summed E-state index contributed by atoms with van der Waals surface area (Å²) in [6.45, 7) is 9.31. The molecule has 0 spiro atoms. The van der Waals surface area contributed by atoms with Crippen molar-refractivity contribution in [2.24, 2.45) is 0 Å². The van der Waals surface area contributed by atoms with E-state index in [0.29, 0.717) is 13.2 Å². The first-order valence-corrected chi connectivity index (χ1v) is 9.36. The molecule has 19 heavy (non-hydrogen) atoms. The van der Waals surface area contributed by atoms with Crippen LogP contribution in [0.4, 0.5) is 0 Å². The molecule has 1 unspecified atom stereocenters. The number of rotatable bonds is 2. The minimum Gasteiger partial charge on any atom is -0.379 e. The van der Waals surface area contributed by atoms with Gasteiger partial charge in [-0.1, -0.05) is 13.3 Å². The highest BCUT2D eigenvalue weighted by Crippen LogP contribution is 2.30. The quantitative estimate of drug-likeness (QED) is 0.781. The maximum absolute atomic E-state index is 5.85. The molecule has 0 N–H and O–H groups in total. The Hall–Kier alpha value is 0.580. The number of hydrogen-bond acceptors (Lipinski definition) is 5. The predicted molar refractivity (Wildman–Crippen MR) is 85.6 cm³/mol.